The largest absolute Gasteiger partial charge is 0.443 e. The monoisotopic (exact) mass is 303 g/mol. The van der Waals surface area contributed by atoms with Crippen molar-refractivity contribution in [3.63, 3.8) is 0 Å². The lowest BCUT2D eigenvalue weighted by Crippen LogP contribution is -2.09. The first-order chi connectivity index (χ1) is 10.1. The highest BCUT2D eigenvalue weighted by atomic mass is 32.2. The van der Waals surface area contributed by atoms with Crippen LogP contribution in [0.4, 0.5) is 0 Å². The van der Waals surface area contributed by atoms with Crippen molar-refractivity contribution in [2.24, 2.45) is 0 Å². The van der Waals surface area contributed by atoms with Crippen molar-refractivity contribution >= 4 is 21.2 Å². The Balaban J connectivity index is 1.90. The van der Waals surface area contributed by atoms with Gasteiger partial charge in [-0.25, -0.2) is 4.98 Å². The van der Waals surface area contributed by atoms with Gasteiger partial charge < -0.3 is 8.60 Å². The van der Waals surface area contributed by atoms with Gasteiger partial charge in [-0.15, -0.1) is 0 Å². The molecule has 0 amide bonds. The minimum Gasteiger partial charge on any atom is -0.443 e. The lowest BCUT2D eigenvalue weighted by atomic mass is 10.2. The zero-order chi connectivity index (χ0) is 14.9. The molecule has 0 aliphatic carbocycles. The van der Waals surface area contributed by atoms with Crippen LogP contribution in [0, 0.1) is 0 Å². The van der Waals surface area contributed by atoms with Gasteiger partial charge in [0.05, 0.1) is 0 Å². The van der Waals surface area contributed by atoms with Crippen LogP contribution in [0.2, 0.25) is 0 Å². The van der Waals surface area contributed by atoms with Crippen molar-refractivity contribution in [2.75, 3.05) is 0 Å². The number of aryl methyl sites for hydroxylation is 1. The number of hydrogen-bond acceptors (Lipinski definition) is 5. The molecular formula is C15H13NO4S. The van der Waals surface area contributed by atoms with Gasteiger partial charge >= 0.3 is 10.1 Å². The van der Waals surface area contributed by atoms with E-state index in [9.17, 15) is 8.42 Å². The van der Waals surface area contributed by atoms with E-state index < -0.39 is 10.1 Å². The van der Waals surface area contributed by atoms with E-state index in [-0.39, 0.29) is 10.6 Å². The summed E-state index contributed by atoms with van der Waals surface area (Å²) in [5.74, 6) is 0.205. The lowest BCUT2D eigenvalue weighted by Gasteiger charge is -2.07. The maximum Gasteiger partial charge on any atom is 0.339 e. The first-order valence-electron chi connectivity index (χ1n) is 6.45. The van der Waals surface area contributed by atoms with Crippen LogP contribution in [0.1, 0.15) is 12.5 Å². The normalized spacial score (nSPS) is 11.7. The van der Waals surface area contributed by atoms with Gasteiger partial charge in [0.15, 0.2) is 12.0 Å². The third-order valence-electron chi connectivity index (χ3n) is 3.13. The second kappa shape index (κ2) is 5.21. The van der Waals surface area contributed by atoms with Crippen molar-refractivity contribution in [1.29, 1.82) is 0 Å². The van der Waals surface area contributed by atoms with E-state index in [4.69, 9.17) is 8.60 Å². The fourth-order valence-electron chi connectivity index (χ4n) is 1.96. The molecule has 0 aliphatic rings. The van der Waals surface area contributed by atoms with Crippen LogP contribution in [-0.2, 0) is 16.5 Å². The van der Waals surface area contributed by atoms with E-state index in [1.165, 1.54) is 18.5 Å². The van der Waals surface area contributed by atoms with E-state index in [2.05, 4.69) is 4.98 Å². The minimum atomic E-state index is -3.85. The van der Waals surface area contributed by atoms with Gasteiger partial charge in [-0.1, -0.05) is 19.1 Å². The molecule has 5 nitrogen and oxygen atoms in total. The molecule has 6 heteroatoms. The number of nitrogens with zero attached hydrogens (tertiary/aromatic N) is 1. The molecule has 0 radical (unpaired) electrons. The summed E-state index contributed by atoms with van der Waals surface area (Å²) in [7, 11) is -3.85. The molecule has 0 saturated heterocycles. The summed E-state index contributed by atoms with van der Waals surface area (Å²) in [4.78, 5) is 4.09. The van der Waals surface area contributed by atoms with Gasteiger partial charge in [0, 0.05) is 6.07 Å². The molecule has 2 aromatic carbocycles. The third-order valence-corrected chi connectivity index (χ3v) is 4.39. The second-order valence-corrected chi connectivity index (χ2v) is 6.06. The van der Waals surface area contributed by atoms with Crippen LogP contribution in [0.3, 0.4) is 0 Å². The summed E-state index contributed by atoms with van der Waals surface area (Å²) >= 11 is 0. The fraction of sp³-hybridized carbons (Fsp3) is 0.133. The lowest BCUT2D eigenvalue weighted by molar-refractivity contribution is 0.486. The number of aromatic nitrogens is 1. The Morgan fingerprint density at radius 3 is 2.62 bits per heavy atom. The Bertz CT molecular complexity index is 866. The predicted molar refractivity (Wildman–Crippen MR) is 77.6 cm³/mol. The highest BCUT2D eigenvalue weighted by Gasteiger charge is 2.17. The molecular weight excluding hydrogens is 290 g/mol. The SMILES string of the molecule is CCc1ccc(S(=O)(=O)Oc2ccc3ocnc3c2)cc1. The number of hydrogen-bond donors (Lipinski definition) is 0. The van der Waals surface area contributed by atoms with Crippen molar-refractivity contribution in [2.45, 2.75) is 18.2 Å². The van der Waals surface area contributed by atoms with E-state index >= 15 is 0 Å². The van der Waals surface area contributed by atoms with Crippen molar-refractivity contribution in [1.82, 2.24) is 4.98 Å². The highest BCUT2D eigenvalue weighted by Crippen LogP contribution is 2.23. The molecule has 0 fully saturated rings. The number of benzene rings is 2. The van der Waals surface area contributed by atoms with Crippen LogP contribution < -0.4 is 4.18 Å². The molecule has 0 bridgehead atoms. The molecule has 1 heterocycles. The number of oxazole rings is 1. The number of rotatable bonds is 4. The van der Waals surface area contributed by atoms with Crippen molar-refractivity contribution in [3.8, 4) is 5.75 Å². The molecule has 0 atom stereocenters. The van der Waals surface area contributed by atoms with E-state index in [0.717, 1.165) is 12.0 Å². The summed E-state index contributed by atoms with van der Waals surface area (Å²) in [6.45, 7) is 2.01. The van der Waals surface area contributed by atoms with Gasteiger partial charge in [-0.3, -0.25) is 0 Å². The molecule has 0 unspecified atom stereocenters. The third kappa shape index (κ3) is 2.75. The fourth-order valence-corrected chi connectivity index (χ4v) is 2.88. The Kier molecular flexibility index (Phi) is 3.39. The quantitative estimate of drug-likeness (QED) is 0.692. The summed E-state index contributed by atoms with van der Waals surface area (Å²) in [5, 5.41) is 0. The summed E-state index contributed by atoms with van der Waals surface area (Å²) in [5.41, 5.74) is 2.19. The highest BCUT2D eigenvalue weighted by molar-refractivity contribution is 7.87. The molecule has 0 saturated carbocycles. The molecule has 0 aliphatic heterocycles. The Labute approximate surface area is 122 Å². The summed E-state index contributed by atoms with van der Waals surface area (Å²) in [6, 6.07) is 11.3. The van der Waals surface area contributed by atoms with Gasteiger partial charge in [0.25, 0.3) is 0 Å². The van der Waals surface area contributed by atoms with Crippen LogP contribution in [-0.4, -0.2) is 13.4 Å². The Hall–Kier alpha value is -2.34. The Morgan fingerprint density at radius 1 is 1.14 bits per heavy atom. The molecule has 1 aromatic heterocycles. The van der Waals surface area contributed by atoms with E-state index in [1.54, 1.807) is 30.3 Å². The van der Waals surface area contributed by atoms with Crippen LogP contribution in [0.25, 0.3) is 11.1 Å². The van der Waals surface area contributed by atoms with Gasteiger partial charge in [0.2, 0.25) is 0 Å². The molecule has 21 heavy (non-hydrogen) atoms. The minimum absolute atomic E-state index is 0.125. The summed E-state index contributed by atoms with van der Waals surface area (Å²) in [6.07, 6.45) is 2.15. The first-order valence-corrected chi connectivity index (χ1v) is 7.86. The average Bonchev–Trinajstić information content (AvgIpc) is 2.94. The predicted octanol–water partition coefficient (Wildman–Crippen LogP) is 3.16. The van der Waals surface area contributed by atoms with Gasteiger partial charge in [0.1, 0.15) is 16.2 Å². The van der Waals surface area contributed by atoms with Crippen LogP contribution in [0.5, 0.6) is 5.75 Å². The maximum absolute atomic E-state index is 12.2. The zero-order valence-corrected chi connectivity index (χ0v) is 12.1. The van der Waals surface area contributed by atoms with Gasteiger partial charge in [-0.2, -0.15) is 8.42 Å². The Morgan fingerprint density at radius 2 is 1.90 bits per heavy atom. The smallest absolute Gasteiger partial charge is 0.339 e. The molecule has 108 valence electrons. The molecule has 0 spiro atoms. The standard InChI is InChI=1S/C15H13NO4S/c1-2-11-3-6-13(7-4-11)21(17,18)20-12-5-8-15-14(9-12)16-10-19-15/h3-10H,2H2,1H3. The zero-order valence-electron chi connectivity index (χ0n) is 11.3. The molecule has 3 rings (SSSR count). The summed E-state index contributed by atoms with van der Waals surface area (Å²) < 4.78 is 34.6. The van der Waals surface area contributed by atoms with E-state index in [0.29, 0.717) is 11.1 Å². The van der Waals surface area contributed by atoms with Crippen LogP contribution in [0.15, 0.2) is 58.2 Å². The molecule has 0 N–H and O–H groups in total. The van der Waals surface area contributed by atoms with Crippen LogP contribution >= 0.6 is 0 Å². The first kappa shape index (κ1) is 13.6. The van der Waals surface area contributed by atoms with Crippen molar-refractivity contribution < 1.29 is 17.0 Å². The topological polar surface area (TPSA) is 69.4 Å². The maximum atomic E-state index is 12.2. The average molecular weight is 303 g/mol. The van der Waals surface area contributed by atoms with Crippen molar-refractivity contribution in [3.05, 3.63) is 54.4 Å². The van der Waals surface area contributed by atoms with E-state index in [1.807, 2.05) is 6.92 Å². The number of fused-ring (bicyclic) bond motifs is 1. The van der Waals surface area contributed by atoms with Gasteiger partial charge in [-0.05, 0) is 36.2 Å². The second-order valence-electron chi connectivity index (χ2n) is 4.52. The molecule has 3 aromatic rings.